The van der Waals surface area contributed by atoms with E-state index in [4.69, 9.17) is 4.74 Å². The average Bonchev–Trinajstić information content (AvgIpc) is 2.75. The fourth-order valence-electron chi connectivity index (χ4n) is 2.75. The van der Waals surface area contributed by atoms with Crippen LogP contribution >= 0.6 is 0 Å². The molecular weight excluding hydrogens is 314 g/mol. The van der Waals surface area contributed by atoms with Crippen molar-refractivity contribution >= 4 is 15.7 Å². The molecule has 0 aliphatic carbocycles. The van der Waals surface area contributed by atoms with Gasteiger partial charge in [-0.05, 0) is 50.5 Å². The summed E-state index contributed by atoms with van der Waals surface area (Å²) in [5, 5.41) is 1.79. The van der Waals surface area contributed by atoms with Crippen molar-refractivity contribution in [2.24, 2.45) is 0 Å². The van der Waals surface area contributed by atoms with Crippen molar-refractivity contribution in [2.75, 3.05) is 6.26 Å². The Morgan fingerprint density at radius 1 is 1.39 bits per heavy atom. The van der Waals surface area contributed by atoms with Gasteiger partial charge in [-0.2, -0.15) is 0 Å². The van der Waals surface area contributed by atoms with Gasteiger partial charge in [0.25, 0.3) is 0 Å². The number of fused-ring (bicyclic) bond motifs is 1. The number of carbonyl (C=O) groups is 1. The lowest BCUT2D eigenvalue weighted by atomic mass is 9.97. The highest BCUT2D eigenvalue weighted by Crippen LogP contribution is 2.36. The van der Waals surface area contributed by atoms with Crippen LogP contribution in [0.3, 0.4) is 0 Å². The number of benzene rings is 1. The van der Waals surface area contributed by atoms with Crippen LogP contribution in [0, 0.1) is 0 Å². The molecule has 0 saturated heterocycles. The predicted octanol–water partition coefficient (Wildman–Crippen LogP) is 2.40. The summed E-state index contributed by atoms with van der Waals surface area (Å²) in [5.74, 6) is 0.417. The van der Waals surface area contributed by atoms with Crippen LogP contribution in [0.25, 0.3) is 0 Å². The van der Waals surface area contributed by atoms with E-state index in [1.807, 2.05) is 39.0 Å². The zero-order valence-corrected chi connectivity index (χ0v) is 15.2. The summed E-state index contributed by atoms with van der Waals surface area (Å²) in [7, 11) is -3.40. The van der Waals surface area contributed by atoms with Crippen LogP contribution in [0.15, 0.2) is 18.2 Å². The fourth-order valence-corrected chi connectivity index (χ4v) is 3.21. The summed E-state index contributed by atoms with van der Waals surface area (Å²) in [6, 6.07) is 5.69. The molecule has 0 unspecified atom stereocenters. The molecule has 0 spiro atoms. The summed E-state index contributed by atoms with van der Waals surface area (Å²) in [6.45, 7) is 7.46. The van der Waals surface area contributed by atoms with Gasteiger partial charge >= 0.3 is 0 Å². The van der Waals surface area contributed by atoms with Gasteiger partial charge in [0.15, 0.2) is 9.84 Å². The van der Waals surface area contributed by atoms with E-state index in [9.17, 15) is 13.2 Å². The van der Waals surface area contributed by atoms with E-state index in [1.165, 1.54) is 6.92 Å². The van der Waals surface area contributed by atoms with Crippen LogP contribution < -0.4 is 10.1 Å². The first-order valence-corrected chi connectivity index (χ1v) is 9.80. The number of amides is 1. The molecule has 2 atom stereocenters. The standard InChI is InChI=1S/C17H25NO4S/c1-6-14(18-16(19)11(2)23(5,20)21)12-7-8-15-13(9-12)10-17(3,4)22-15/h7-9,11,14H,6,10H2,1-5H3,(H,18,19)/t11-,14+/m1/s1. The Bertz CT molecular complexity index is 709. The van der Waals surface area contributed by atoms with Gasteiger partial charge in [-0.15, -0.1) is 0 Å². The lowest BCUT2D eigenvalue weighted by molar-refractivity contribution is -0.121. The monoisotopic (exact) mass is 339 g/mol. The molecule has 23 heavy (non-hydrogen) atoms. The van der Waals surface area contributed by atoms with Crippen molar-refractivity contribution < 1.29 is 17.9 Å². The maximum atomic E-state index is 12.2. The van der Waals surface area contributed by atoms with E-state index in [0.717, 1.165) is 29.6 Å². The summed E-state index contributed by atoms with van der Waals surface area (Å²) >= 11 is 0. The van der Waals surface area contributed by atoms with Gasteiger partial charge < -0.3 is 10.1 Å². The SMILES string of the molecule is CC[C@H](NC(=O)[C@@H](C)S(C)(=O)=O)c1ccc2c(c1)CC(C)(C)O2. The fraction of sp³-hybridized carbons (Fsp3) is 0.588. The first-order valence-electron chi connectivity index (χ1n) is 7.84. The number of hydrogen-bond acceptors (Lipinski definition) is 4. The molecule has 0 radical (unpaired) electrons. The van der Waals surface area contributed by atoms with Crippen molar-refractivity contribution in [3.8, 4) is 5.75 Å². The molecule has 0 bridgehead atoms. The quantitative estimate of drug-likeness (QED) is 0.894. The summed E-state index contributed by atoms with van der Waals surface area (Å²) in [5.41, 5.74) is 1.88. The van der Waals surface area contributed by atoms with Crippen LogP contribution in [0.4, 0.5) is 0 Å². The van der Waals surface area contributed by atoms with Crippen LogP contribution in [0.5, 0.6) is 5.75 Å². The second-order valence-corrected chi connectivity index (χ2v) is 9.21. The first kappa shape index (κ1) is 17.8. The zero-order valence-electron chi connectivity index (χ0n) is 14.3. The number of sulfone groups is 1. The maximum absolute atomic E-state index is 12.2. The van der Waals surface area contributed by atoms with Crippen LogP contribution in [0.2, 0.25) is 0 Å². The molecule has 0 saturated carbocycles. The highest BCUT2D eigenvalue weighted by molar-refractivity contribution is 7.92. The lowest BCUT2D eigenvalue weighted by Gasteiger charge is -2.20. The third-order valence-corrected chi connectivity index (χ3v) is 5.72. The minimum atomic E-state index is -3.40. The first-order chi connectivity index (χ1) is 10.5. The minimum absolute atomic E-state index is 0.208. The van der Waals surface area contributed by atoms with E-state index >= 15 is 0 Å². The molecule has 1 aromatic rings. The van der Waals surface area contributed by atoms with Gasteiger partial charge in [0.1, 0.15) is 16.6 Å². The van der Waals surface area contributed by atoms with Crippen LogP contribution in [0.1, 0.15) is 51.3 Å². The minimum Gasteiger partial charge on any atom is -0.487 e. The molecule has 6 heteroatoms. The molecule has 2 rings (SSSR count). The van der Waals surface area contributed by atoms with E-state index in [0.29, 0.717) is 6.42 Å². The van der Waals surface area contributed by atoms with Crippen LogP contribution in [-0.2, 0) is 21.1 Å². The number of rotatable bonds is 5. The molecule has 0 aromatic heterocycles. The van der Waals surface area contributed by atoms with Crippen molar-refractivity contribution in [1.82, 2.24) is 5.32 Å². The second-order valence-electron chi connectivity index (χ2n) is 6.85. The van der Waals surface area contributed by atoms with Gasteiger partial charge in [0, 0.05) is 12.7 Å². The van der Waals surface area contributed by atoms with Crippen molar-refractivity contribution in [2.45, 2.75) is 57.4 Å². The largest absolute Gasteiger partial charge is 0.487 e. The third-order valence-electron chi connectivity index (χ3n) is 4.23. The van der Waals surface area contributed by atoms with Gasteiger partial charge in [0.2, 0.25) is 5.91 Å². The Hall–Kier alpha value is -1.56. The summed E-state index contributed by atoms with van der Waals surface area (Å²) in [4.78, 5) is 12.2. The summed E-state index contributed by atoms with van der Waals surface area (Å²) in [6.07, 6.45) is 2.58. The predicted molar refractivity (Wildman–Crippen MR) is 90.3 cm³/mol. The normalized spacial score (nSPS) is 18.7. The topological polar surface area (TPSA) is 72.5 Å². The Morgan fingerprint density at radius 2 is 2.04 bits per heavy atom. The van der Waals surface area contributed by atoms with E-state index in [-0.39, 0.29) is 11.6 Å². The molecule has 1 aromatic carbocycles. The molecule has 128 valence electrons. The van der Waals surface area contributed by atoms with Gasteiger partial charge in [-0.3, -0.25) is 4.79 Å². The van der Waals surface area contributed by atoms with Crippen molar-refractivity contribution in [1.29, 1.82) is 0 Å². The van der Waals surface area contributed by atoms with E-state index < -0.39 is 21.0 Å². The molecule has 1 N–H and O–H groups in total. The smallest absolute Gasteiger partial charge is 0.238 e. The zero-order chi connectivity index (χ0) is 17.4. The van der Waals surface area contributed by atoms with Crippen molar-refractivity contribution in [3.05, 3.63) is 29.3 Å². The Morgan fingerprint density at radius 3 is 2.61 bits per heavy atom. The van der Waals surface area contributed by atoms with Gasteiger partial charge in [-0.25, -0.2) is 8.42 Å². The average molecular weight is 339 g/mol. The lowest BCUT2D eigenvalue weighted by Crippen LogP contribution is -2.39. The molecule has 5 nitrogen and oxygen atoms in total. The summed E-state index contributed by atoms with van der Waals surface area (Å²) < 4.78 is 28.9. The highest BCUT2D eigenvalue weighted by Gasteiger charge is 2.31. The molecule has 1 aliphatic rings. The third kappa shape index (κ3) is 4.05. The number of ether oxygens (including phenoxy) is 1. The maximum Gasteiger partial charge on any atom is 0.238 e. The molecule has 1 heterocycles. The van der Waals surface area contributed by atoms with Gasteiger partial charge in [0.05, 0.1) is 6.04 Å². The highest BCUT2D eigenvalue weighted by atomic mass is 32.2. The van der Waals surface area contributed by atoms with Crippen LogP contribution in [-0.4, -0.2) is 31.4 Å². The number of hydrogen-bond donors (Lipinski definition) is 1. The molecule has 1 aliphatic heterocycles. The van der Waals surface area contributed by atoms with Crippen molar-refractivity contribution in [3.63, 3.8) is 0 Å². The number of carbonyl (C=O) groups excluding carboxylic acids is 1. The molecule has 0 fully saturated rings. The Balaban J connectivity index is 2.18. The molecule has 1 amide bonds. The molecular formula is C17H25NO4S. The number of nitrogens with one attached hydrogen (secondary N) is 1. The second kappa shape index (κ2) is 6.15. The Kier molecular flexibility index (Phi) is 4.76. The van der Waals surface area contributed by atoms with E-state index in [1.54, 1.807) is 0 Å². The van der Waals surface area contributed by atoms with E-state index in [2.05, 4.69) is 5.32 Å². The van der Waals surface area contributed by atoms with Gasteiger partial charge in [-0.1, -0.05) is 13.0 Å². The Labute approximate surface area is 138 Å².